The van der Waals surface area contributed by atoms with Crippen molar-refractivity contribution in [2.75, 3.05) is 18.1 Å². The number of imide groups is 1. The largest absolute Gasteiger partial charge is 0.335 e. The predicted octanol–water partition coefficient (Wildman–Crippen LogP) is 3.74. The lowest BCUT2D eigenvalue weighted by atomic mass is 10.1. The van der Waals surface area contributed by atoms with E-state index in [1.165, 1.54) is 21.3 Å². The fourth-order valence-corrected chi connectivity index (χ4v) is 4.33. The molecule has 0 unspecified atom stereocenters. The van der Waals surface area contributed by atoms with Crippen LogP contribution in [0.1, 0.15) is 27.1 Å². The summed E-state index contributed by atoms with van der Waals surface area (Å²) in [7, 11) is 0. The van der Waals surface area contributed by atoms with Gasteiger partial charge in [-0.25, -0.2) is 4.68 Å². The minimum atomic E-state index is -0.253. The number of hydrogen-bond donors (Lipinski definition) is 1. The van der Waals surface area contributed by atoms with Crippen molar-refractivity contribution in [1.82, 2.24) is 19.8 Å². The van der Waals surface area contributed by atoms with Crippen molar-refractivity contribution in [2.45, 2.75) is 11.6 Å². The van der Waals surface area contributed by atoms with Crippen LogP contribution in [-0.2, 0) is 0 Å². The van der Waals surface area contributed by atoms with Crippen molar-refractivity contribution < 1.29 is 9.59 Å². The fourth-order valence-electron chi connectivity index (χ4n) is 3.06. The maximum absolute atomic E-state index is 12.4. The Morgan fingerprint density at radius 1 is 0.966 bits per heavy atom. The highest BCUT2D eigenvalue weighted by atomic mass is 35.5. The molecule has 0 aliphatic carbocycles. The lowest BCUT2D eigenvalue weighted by Crippen LogP contribution is -2.31. The smallest absolute Gasteiger partial charge is 0.261 e. The van der Waals surface area contributed by atoms with Crippen LogP contribution in [0.15, 0.2) is 47.6 Å². The Morgan fingerprint density at radius 2 is 1.66 bits per heavy atom. The van der Waals surface area contributed by atoms with Crippen molar-refractivity contribution in [3.63, 3.8) is 0 Å². The Hall–Kier alpha value is -2.55. The minimum absolute atomic E-state index is 0.253. The fraction of sp³-hybridized carbons (Fsp3) is 0.158. The monoisotopic (exact) mass is 447 g/mol. The highest BCUT2D eigenvalue weighted by Crippen LogP contribution is 2.30. The van der Waals surface area contributed by atoms with Crippen molar-refractivity contribution in [3.05, 3.63) is 63.6 Å². The molecule has 4 rings (SSSR count). The highest BCUT2D eigenvalue weighted by Gasteiger charge is 2.34. The van der Waals surface area contributed by atoms with Gasteiger partial charge in [-0.3, -0.25) is 14.5 Å². The molecule has 0 atom stereocenters. The summed E-state index contributed by atoms with van der Waals surface area (Å²) in [4.78, 5) is 26.0. The van der Waals surface area contributed by atoms with Gasteiger partial charge in [-0.2, -0.15) is 0 Å². The molecule has 2 heterocycles. The number of nitrogens with two attached hydrogens (primary N) is 1. The van der Waals surface area contributed by atoms with E-state index in [9.17, 15) is 9.59 Å². The number of fused-ring (bicyclic) bond motifs is 1. The number of aromatic nitrogens is 3. The van der Waals surface area contributed by atoms with E-state index in [1.807, 2.05) is 0 Å². The molecule has 0 saturated heterocycles. The molecule has 29 heavy (non-hydrogen) atoms. The summed E-state index contributed by atoms with van der Waals surface area (Å²) in [6, 6.07) is 11.9. The predicted molar refractivity (Wildman–Crippen MR) is 113 cm³/mol. The summed E-state index contributed by atoms with van der Waals surface area (Å²) in [5.74, 6) is 6.64. The molecular weight excluding hydrogens is 433 g/mol. The third kappa shape index (κ3) is 3.71. The topological polar surface area (TPSA) is 94.1 Å². The molecule has 0 radical (unpaired) electrons. The SMILES string of the molecule is Nn1c(SCCCN2C(=O)c3ccccc3C2=O)nnc1-c1ccc(Cl)cc1Cl. The molecule has 7 nitrogen and oxygen atoms in total. The molecule has 2 N–H and O–H groups in total. The first-order chi connectivity index (χ1) is 14.0. The van der Waals surface area contributed by atoms with E-state index in [1.54, 1.807) is 42.5 Å². The van der Waals surface area contributed by atoms with Crippen molar-refractivity contribution in [2.24, 2.45) is 0 Å². The number of nitrogen functional groups attached to an aromatic ring is 1. The zero-order valence-corrected chi connectivity index (χ0v) is 17.3. The standard InChI is InChI=1S/C19H15Cl2N5O2S/c20-11-6-7-14(15(21)10-11)16-23-24-19(26(16)22)29-9-3-8-25-17(27)12-4-1-2-5-13(12)18(25)28/h1-2,4-7,10H,3,8-9,22H2. The average Bonchev–Trinajstić information content (AvgIpc) is 3.18. The lowest BCUT2D eigenvalue weighted by Gasteiger charge is -2.13. The van der Waals surface area contributed by atoms with Gasteiger partial charge in [-0.15, -0.1) is 10.2 Å². The van der Waals surface area contributed by atoms with Crippen LogP contribution in [-0.4, -0.2) is 43.9 Å². The summed E-state index contributed by atoms with van der Waals surface area (Å²) in [6.45, 7) is 0.327. The third-order valence-corrected chi connectivity index (χ3v) is 6.05. The second kappa shape index (κ2) is 8.06. The van der Waals surface area contributed by atoms with E-state index in [2.05, 4.69) is 10.2 Å². The molecule has 1 aliphatic heterocycles. The first-order valence-electron chi connectivity index (χ1n) is 8.71. The number of carbonyl (C=O) groups excluding carboxylic acids is 2. The van der Waals surface area contributed by atoms with Crippen LogP contribution in [0.25, 0.3) is 11.4 Å². The van der Waals surface area contributed by atoms with Crippen LogP contribution in [0.4, 0.5) is 0 Å². The quantitative estimate of drug-likeness (QED) is 0.267. The molecule has 1 aromatic heterocycles. The zero-order valence-electron chi connectivity index (χ0n) is 15.0. The van der Waals surface area contributed by atoms with E-state index >= 15 is 0 Å². The molecule has 0 bridgehead atoms. The van der Waals surface area contributed by atoms with Gasteiger partial charge in [0.05, 0.1) is 16.1 Å². The van der Waals surface area contributed by atoms with Crippen molar-refractivity contribution in [1.29, 1.82) is 0 Å². The summed E-state index contributed by atoms with van der Waals surface area (Å²) in [5.41, 5.74) is 1.54. The van der Waals surface area contributed by atoms with Gasteiger partial charge in [0, 0.05) is 22.9 Å². The Kier molecular flexibility index (Phi) is 5.49. The van der Waals surface area contributed by atoms with E-state index in [4.69, 9.17) is 29.0 Å². The number of amides is 2. The van der Waals surface area contributed by atoms with E-state index in [0.717, 1.165) is 0 Å². The summed E-state index contributed by atoms with van der Waals surface area (Å²) in [5, 5.41) is 9.66. The van der Waals surface area contributed by atoms with E-state index in [0.29, 0.717) is 56.4 Å². The number of thioether (sulfide) groups is 1. The lowest BCUT2D eigenvalue weighted by molar-refractivity contribution is 0.0655. The number of benzene rings is 2. The van der Waals surface area contributed by atoms with Crippen LogP contribution in [0.2, 0.25) is 10.0 Å². The van der Waals surface area contributed by atoms with Crippen molar-refractivity contribution >= 4 is 46.8 Å². The molecule has 0 fully saturated rings. The molecule has 3 aromatic rings. The number of carbonyl (C=O) groups is 2. The minimum Gasteiger partial charge on any atom is -0.335 e. The van der Waals surface area contributed by atoms with Gasteiger partial charge in [-0.1, -0.05) is 47.1 Å². The third-order valence-electron chi connectivity index (χ3n) is 4.47. The van der Waals surface area contributed by atoms with Gasteiger partial charge < -0.3 is 5.84 Å². The molecule has 1 aliphatic rings. The number of nitrogens with zero attached hydrogens (tertiary/aromatic N) is 4. The van der Waals surface area contributed by atoms with Crippen LogP contribution in [0.5, 0.6) is 0 Å². The Labute approximate surface area is 180 Å². The second-order valence-corrected chi connectivity index (χ2v) is 8.22. The molecule has 0 spiro atoms. The number of halogens is 2. The van der Waals surface area contributed by atoms with Crippen LogP contribution in [0.3, 0.4) is 0 Å². The molecule has 0 saturated carbocycles. The van der Waals surface area contributed by atoms with Crippen LogP contribution < -0.4 is 5.84 Å². The van der Waals surface area contributed by atoms with Gasteiger partial charge in [0.2, 0.25) is 5.16 Å². The van der Waals surface area contributed by atoms with E-state index < -0.39 is 0 Å². The van der Waals surface area contributed by atoms with Gasteiger partial charge >= 0.3 is 0 Å². The summed E-state index contributed by atoms with van der Waals surface area (Å²) < 4.78 is 1.36. The molecule has 10 heteroatoms. The van der Waals surface area contributed by atoms with Gasteiger partial charge in [0.15, 0.2) is 5.82 Å². The maximum Gasteiger partial charge on any atom is 0.261 e. The highest BCUT2D eigenvalue weighted by molar-refractivity contribution is 7.99. The van der Waals surface area contributed by atoms with Gasteiger partial charge in [0.1, 0.15) is 0 Å². The Bertz CT molecular complexity index is 1080. The summed E-state index contributed by atoms with van der Waals surface area (Å²) in [6.07, 6.45) is 0.597. The molecule has 2 aromatic carbocycles. The molecule has 2 amide bonds. The number of rotatable bonds is 6. The summed E-state index contributed by atoms with van der Waals surface area (Å²) >= 11 is 13.5. The number of hydrogen-bond acceptors (Lipinski definition) is 6. The first-order valence-corrected chi connectivity index (χ1v) is 10.5. The molecular formula is C19H15Cl2N5O2S. The maximum atomic E-state index is 12.4. The van der Waals surface area contributed by atoms with Gasteiger partial charge in [-0.05, 0) is 36.8 Å². The van der Waals surface area contributed by atoms with E-state index in [-0.39, 0.29) is 11.8 Å². The zero-order chi connectivity index (χ0) is 20.5. The Morgan fingerprint density at radius 3 is 2.31 bits per heavy atom. The average molecular weight is 448 g/mol. The van der Waals surface area contributed by atoms with Crippen molar-refractivity contribution in [3.8, 4) is 11.4 Å². The van der Waals surface area contributed by atoms with Crippen LogP contribution in [0, 0.1) is 0 Å². The first kappa shape index (κ1) is 19.8. The second-order valence-electron chi connectivity index (χ2n) is 6.31. The molecule has 148 valence electrons. The normalized spacial score (nSPS) is 13.2. The van der Waals surface area contributed by atoms with Gasteiger partial charge in [0.25, 0.3) is 11.8 Å². The van der Waals surface area contributed by atoms with Crippen LogP contribution >= 0.6 is 35.0 Å². The Balaban J connectivity index is 1.37.